The van der Waals surface area contributed by atoms with Gasteiger partial charge < -0.3 is 9.73 Å². The minimum atomic E-state index is -3.52. The molecule has 0 aliphatic heterocycles. The van der Waals surface area contributed by atoms with E-state index in [9.17, 15) is 8.42 Å². The molecule has 0 aliphatic carbocycles. The third-order valence-corrected chi connectivity index (χ3v) is 5.43. The second-order valence-corrected chi connectivity index (χ2v) is 7.84. The summed E-state index contributed by atoms with van der Waals surface area (Å²) in [6, 6.07) is 7.50. The highest BCUT2D eigenvalue weighted by atomic mass is 32.2. The van der Waals surface area contributed by atoms with Crippen molar-refractivity contribution >= 4 is 21.4 Å². The van der Waals surface area contributed by atoms with Crippen molar-refractivity contribution in [3.8, 4) is 0 Å². The van der Waals surface area contributed by atoms with E-state index >= 15 is 0 Å². The van der Waals surface area contributed by atoms with Crippen LogP contribution < -0.4 is 10.0 Å². The van der Waals surface area contributed by atoms with E-state index in [1.807, 2.05) is 6.07 Å². The van der Waals surface area contributed by atoms with Gasteiger partial charge in [-0.25, -0.2) is 13.1 Å². The molecule has 2 aromatic rings. The average Bonchev–Trinajstić information content (AvgIpc) is 3.09. The lowest BCUT2D eigenvalue weighted by atomic mass is 10.0. The van der Waals surface area contributed by atoms with Gasteiger partial charge in [0.15, 0.2) is 0 Å². The van der Waals surface area contributed by atoms with Crippen molar-refractivity contribution in [1.29, 1.82) is 0 Å². The Balaban J connectivity index is 2.05. The van der Waals surface area contributed by atoms with Crippen LogP contribution in [0.15, 0.2) is 39.2 Å². The first-order valence-corrected chi connectivity index (χ1v) is 9.09. The standard InChI is InChI=1S/C14H20N2O3S2/c1-10(2)14(12-5-4-8-20-12)16-9-11-6-7-13(19-11)21(17,18)15-3/h4-8,10,14-16H,9H2,1-3H3. The van der Waals surface area contributed by atoms with Crippen LogP contribution in [0.4, 0.5) is 0 Å². The molecule has 1 unspecified atom stereocenters. The van der Waals surface area contributed by atoms with Gasteiger partial charge in [-0.05, 0) is 36.5 Å². The van der Waals surface area contributed by atoms with Crippen molar-refractivity contribution < 1.29 is 12.8 Å². The van der Waals surface area contributed by atoms with Gasteiger partial charge >= 0.3 is 0 Å². The van der Waals surface area contributed by atoms with Crippen LogP contribution in [0, 0.1) is 5.92 Å². The van der Waals surface area contributed by atoms with E-state index in [0.717, 1.165) is 0 Å². The average molecular weight is 328 g/mol. The van der Waals surface area contributed by atoms with Crippen molar-refractivity contribution in [2.75, 3.05) is 7.05 Å². The Morgan fingerprint density at radius 3 is 2.62 bits per heavy atom. The van der Waals surface area contributed by atoms with E-state index in [-0.39, 0.29) is 11.1 Å². The second kappa shape index (κ2) is 6.74. The molecule has 5 nitrogen and oxygen atoms in total. The summed E-state index contributed by atoms with van der Waals surface area (Å²) in [5, 5.41) is 5.42. The lowest BCUT2D eigenvalue weighted by Crippen LogP contribution is -2.24. The van der Waals surface area contributed by atoms with Gasteiger partial charge in [0.2, 0.25) is 5.09 Å². The summed E-state index contributed by atoms with van der Waals surface area (Å²) in [6.07, 6.45) is 0. The molecule has 0 spiro atoms. The summed E-state index contributed by atoms with van der Waals surface area (Å²) in [5.41, 5.74) is 0. The largest absolute Gasteiger partial charge is 0.447 e. The maximum atomic E-state index is 11.6. The highest BCUT2D eigenvalue weighted by Crippen LogP contribution is 2.26. The number of hydrogen-bond acceptors (Lipinski definition) is 5. The van der Waals surface area contributed by atoms with Gasteiger partial charge in [-0.3, -0.25) is 0 Å². The normalized spacial score (nSPS) is 13.7. The summed E-state index contributed by atoms with van der Waals surface area (Å²) in [4.78, 5) is 1.26. The maximum Gasteiger partial charge on any atom is 0.273 e. The molecule has 7 heteroatoms. The molecular formula is C14H20N2O3S2. The number of nitrogens with one attached hydrogen (secondary N) is 2. The van der Waals surface area contributed by atoms with Gasteiger partial charge in [0.1, 0.15) is 5.76 Å². The van der Waals surface area contributed by atoms with E-state index < -0.39 is 10.0 Å². The van der Waals surface area contributed by atoms with Gasteiger partial charge in [-0.1, -0.05) is 19.9 Å². The number of thiophene rings is 1. The van der Waals surface area contributed by atoms with Crippen LogP contribution in [0.5, 0.6) is 0 Å². The van der Waals surface area contributed by atoms with Gasteiger partial charge in [-0.15, -0.1) is 11.3 Å². The van der Waals surface area contributed by atoms with Crippen molar-refractivity contribution in [2.45, 2.75) is 31.5 Å². The third-order valence-electron chi connectivity index (χ3n) is 3.18. The lowest BCUT2D eigenvalue weighted by molar-refractivity contribution is 0.362. The molecule has 2 rings (SSSR count). The van der Waals surface area contributed by atoms with E-state index in [0.29, 0.717) is 18.2 Å². The van der Waals surface area contributed by atoms with Crippen LogP contribution in [-0.2, 0) is 16.6 Å². The SMILES string of the molecule is CNS(=O)(=O)c1ccc(CNC(c2cccs2)C(C)C)o1. The molecule has 2 heterocycles. The van der Waals surface area contributed by atoms with Crippen molar-refractivity contribution in [3.63, 3.8) is 0 Å². The zero-order valence-electron chi connectivity index (χ0n) is 12.3. The Bertz CT molecular complexity index is 660. The van der Waals surface area contributed by atoms with Gasteiger partial charge in [0.25, 0.3) is 10.0 Å². The predicted octanol–water partition coefficient (Wildman–Crippen LogP) is 2.74. The van der Waals surface area contributed by atoms with Crippen LogP contribution in [0.3, 0.4) is 0 Å². The first-order chi connectivity index (χ1) is 9.94. The zero-order valence-corrected chi connectivity index (χ0v) is 13.9. The minimum Gasteiger partial charge on any atom is -0.447 e. The van der Waals surface area contributed by atoms with Crippen molar-refractivity contribution in [1.82, 2.24) is 10.0 Å². The Kier molecular flexibility index (Phi) is 5.21. The molecular weight excluding hydrogens is 308 g/mol. The summed E-state index contributed by atoms with van der Waals surface area (Å²) >= 11 is 1.71. The molecule has 0 amide bonds. The maximum absolute atomic E-state index is 11.6. The summed E-state index contributed by atoms with van der Waals surface area (Å²) in [5.74, 6) is 1.03. The first kappa shape index (κ1) is 16.2. The molecule has 2 N–H and O–H groups in total. The quantitative estimate of drug-likeness (QED) is 0.820. The van der Waals surface area contributed by atoms with Crippen LogP contribution >= 0.6 is 11.3 Å². The Labute approximate surface area is 129 Å². The number of furan rings is 1. The van der Waals surface area contributed by atoms with Crippen LogP contribution in [0.25, 0.3) is 0 Å². The van der Waals surface area contributed by atoms with Crippen LogP contribution in [0.1, 0.15) is 30.5 Å². The minimum absolute atomic E-state index is 0.0565. The molecule has 0 radical (unpaired) electrons. The number of sulfonamides is 1. The molecule has 0 saturated heterocycles. The summed E-state index contributed by atoms with van der Waals surface area (Å²) in [6.45, 7) is 4.78. The monoisotopic (exact) mass is 328 g/mol. The molecule has 1 atom stereocenters. The van der Waals surface area contributed by atoms with Gasteiger partial charge in [0, 0.05) is 10.9 Å². The molecule has 0 fully saturated rings. The fourth-order valence-corrected chi connectivity index (χ4v) is 3.68. The second-order valence-electron chi connectivity index (χ2n) is 5.05. The van der Waals surface area contributed by atoms with Crippen LogP contribution in [-0.4, -0.2) is 15.5 Å². The fraction of sp³-hybridized carbons (Fsp3) is 0.429. The number of rotatable bonds is 7. The summed E-state index contributed by atoms with van der Waals surface area (Å²) in [7, 11) is -2.16. The highest BCUT2D eigenvalue weighted by molar-refractivity contribution is 7.89. The van der Waals surface area contributed by atoms with Crippen molar-refractivity contribution in [2.24, 2.45) is 5.92 Å². The molecule has 0 aromatic carbocycles. The highest BCUT2D eigenvalue weighted by Gasteiger charge is 2.19. The van der Waals surface area contributed by atoms with E-state index in [4.69, 9.17) is 4.42 Å². The molecule has 21 heavy (non-hydrogen) atoms. The Hall–Kier alpha value is -1.15. The van der Waals surface area contributed by atoms with Gasteiger partial charge in [0.05, 0.1) is 6.54 Å². The summed E-state index contributed by atoms with van der Waals surface area (Å²) < 4.78 is 30.9. The molecule has 0 aliphatic rings. The topological polar surface area (TPSA) is 71.3 Å². The molecule has 0 bridgehead atoms. The Morgan fingerprint density at radius 1 is 1.29 bits per heavy atom. The smallest absolute Gasteiger partial charge is 0.273 e. The van der Waals surface area contributed by atoms with E-state index in [1.54, 1.807) is 17.4 Å². The Morgan fingerprint density at radius 2 is 2.05 bits per heavy atom. The zero-order chi connectivity index (χ0) is 15.5. The van der Waals surface area contributed by atoms with E-state index in [1.165, 1.54) is 18.0 Å². The van der Waals surface area contributed by atoms with E-state index in [2.05, 4.69) is 35.3 Å². The van der Waals surface area contributed by atoms with Crippen LogP contribution in [0.2, 0.25) is 0 Å². The predicted molar refractivity (Wildman–Crippen MR) is 83.7 cm³/mol. The lowest BCUT2D eigenvalue weighted by Gasteiger charge is -2.20. The first-order valence-electron chi connectivity index (χ1n) is 6.73. The molecule has 0 saturated carbocycles. The number of hydrogen-bond donors (Lipinski definition) is 2. The third kappa shape index (κ3) is 3.94. The van der Waals surface area contributed by atoms with Gasteiger partial charge in [-0.2, -0.15) is 0 Å². The molecule has 116 valence electrons. The fourth-order valence-electron chi connectivity index (χ4n) is 2.04. The molecule has 2 aromatic heterocycles. The van der Waals surface area contributed by atoms with Crippen molar-refractivity contribution in [3.05, 3.63) is 40.3 Å².